The van der Waals surface area contributed by atoms with Crippen molar-refractivity contribution < 1.29 is 4.74 Å². The molecule has 0 spiro atoms. The number of hydrogen-bond acceptors (Lipinski definition) is 3. The van der Waals surface area contributed by atoms with Gasteiger partial charge in [-0.2, -0.15) is 0 Å². The van der Waals surface area contributed by atoms with E-state index >= 15 is 0 Å². The fraction of sp³-hybridized carbons (Fsp3) is 0.625. The topological polar surface area (TPSA) is 24.5 Å². The molecule has 1 aromatic rings. The standard InChI is InChI=1S/C16H26N2O/c1-13(2)19-16-9-5-4-8-15(16)17-14-7-6-11-18(3)12-10-14/h4-5,8-9,13-14,17H,6-7,10-12H2,1-3H3. The van der Waals surface area contributed by atoms with Crippen LogP contribution in [0.25, 0.3) is 0 Å². The summed E-state index contributed by atoms with van der Waals surface area (Å²) in [5.74, 6) is 0.968. The molecule has 0 aromatic heterocycles. The number of nitrogens with one attached hydrogen (secondary N) is 1. The highest BCUT2D eigenvalue weighted by atomic mass is 16.5. The Bertz CT molecular complexity index is 392. The van der Waals surface area contributed by atoms with E-state index in [-0.39, 0.29) is 6.10 Å². The summed E-state index contributed by atoms with van der Waals surface area (Å²) in [5.41, 5.74) is 1.13. The average Bonchev–Trinajstić information content (AvgIpc) is 2.56. The Kier molecular flexibility index (Phi) is 5.08. The van der Waals surface area contributed by atoms with Crippen LogP contribution in [0.15, 0.2) is 24.3 Å². The number of hydrogen-bond donors (Lipinski definition) is 1. The van der Waals surface area contributed by atoms with Crippen LogP contribution < -0.4 is 10.1 Å². The van der Waals surface area contributed by atoms with E-state index in [0.29, 0.717) is 6.04 Å². The van der Waals surface area contributed by atoms with Crippen molar-refractivity contribution in [1.29, 1.82) is 0 Å². The van der Waals surface area contributed by atoms with Crippen LogP contribution >= 0.6 is 0 Å². The van der Waals surface area contributed by atoms with Crippen LogP contribution in [0.3, 0.4) is 0 Å². The van der Waals surface area contributed by atoms with Gasteiger partial charge in [-0.3, -0.25) is 0 Å². The summed E-state index contributed by atoms with van der Waals surface area (Å²) >= 11 is 0. The molecule has 1 N–H and O–H groups in total. The summed E-state index contributed by atoms with van der Waals surface area (Å²) in [7, 11) is 2.21. The summed E-state index contributed by atoms with van der Waals surface area (Å²) in [6.45, 7) is 6.52. The summed E-state index contributed by atoms with van der Waals surface area (Å²) < 4.78 is 5.87. The van der Waals surface area contributed by atoms with Crippen molar-refractivity contribution in [1.82, 2.24) is 4.90 Å². The molecule has 0 aliphatic carbocycles. The van der Waals surface area contributed by atoms with E-state index in [4.69, 9.17) is 4.74 Å². The molecule has 0 bridgehead atoms. The van der Waals surface area contributed by atoms with Crippen molar-refractivity contribution in [2.45, 2.75) is 45.3 Å². The SMILES string of the molecule is CC(C)Oc1ccccc1NC1CCCN(C)CC1. The fourth-order valence-electron chi connectivity index (χ4n) is 2.55. The smallest absolute Gasteiger partial charge is 0.142 e. The molecule has 1 unspecified atom stereocenters. The predicted molar refractivity (Wildman–Crippen MR) is 81.0 cm³/mol. The number of likely N-dealkylation sites (tertiary alicyclic amines) is 1. The Morgan fingerprint density at radius 1 is 1.21 bits per heavy atom. The van der Waals surface area contributed by atoms with Crippen LogP contribution in [0.1, 0.15) is 33.1 Å². The van der Waals surface area contributed by atoms with Gasteiger partial charge >= 0.3 is 0 Å². The largest absolute Gasteiger partial charge is 0.489 e. The molecule has 1 heterocycles. The summed E-state index contributed by atoms with van der Waals surface area (Å²) in [5, 5.41) is 3.66. The first-order valence-electron chi connectivity index (χ1n) is 7.36. The zero-order valence-corrected chi connectivity index (χ0v) is 12.4. The molecule has 0 radical (unpaired) electrons. The number of anilines is 1. The van der Waals surface area contributed by atoms with Crippen molar-refractivity contribution in [2.24, 2.45) is 0 Å². The lowest BCUT2D eigenvalue weighted by atomic mass is 10.1. The van der Waals surface area contributed by atoms with Gasteiger partial charge in [-0.25, -0.2) is 0 Å². The summed E-state index contributed by atoms with van der Waals surface area (Å²) in [6, 6.07) is 8.82. The number of ether oxygens (including phenoxy) is 1. The third-order valence-electron chi connectivity index (χ3n) is 3.56. The zero-order valence-electron chi connectivity index (χ0n) is 12.4. The van der Waals surface area contributed by atoms with Gasteiger partial charge in [0, 0.05) is 6.04 Å². The molecular weight excluding hydrogens is 236 g/mol. The Hall–Kier alpha value is -1.22. The van der Waals surface area contributed by atoms with Gasteiger partial charge in [0.05, 0.1) is 11.8 Å². The second-order valence-electron chi connectivity index (χ2n) is 5.74. The van der Waals surface area contributed by atoms with Crippen LogP contribution in [-0.4, -0.2) is 37.2 Å². The minimum absolute atomic E-state index is 0.211. The van der Waals surface area contributed by atoms with Crippen molar-refractivity contribution in [3.05, 3.63) is 24.3 Å². The molecule has 1 aliphatic heterocycles. The number of rotatable bonds is 4. The minimum Gasteiger partial charge on any atom is -0.489 e. The molecule has 3 nitrogen and oxygen atoms in total. The van der Waals surface area contributed by atoms with E-state index in [9.17, 15) is 0 Å². The molecule has 19 heavy (non-hydrogen) atoms. The highest BCUT2D eigenvalue weighted by Crippen LogP contribution is 2.27. The van der Waals surface area contributed by atoms with Crippen LogP contribution in [0.2, 0.25) is 0 Å². The first kappa shape index (κ1) is 14.2. The molecule has 3 heteroatoms. The van der Waals surface area contributed by atoms with E-state index in [1.807, 2.05) is 12.1 Å². The predicted octanol–water partition coefficient (Wildman–Crippen LogP) is 3.37. The van der Waals surface area contributed by atoms with Gasteiger partial charge in [-0.1, -0.05) is 12.1 Å². The van der Waals surface area contributed by atoms with Crippen molar-refractivity contribution >= 4 is 5.69 Å². The van der Waals surface area contributed by atoms with Gasteiger partial charge in [-0.05, 0) is 65.4 Å². The van der Waals surface area contributed by atoms with Crippen molar-refractivity contribution in [3.63, 3.8) is 0 Å². The van der Waals surface area contributed by atoms with Crippen LogP contribution in [0.4, 0.5) is 5.69 Å². The van der Waals surface area contributed by atoms with E-state index in [1.165, 1.54) is 32.4 Å². The maximum Gasteiger partial charge on any atom is 0.142 e. The van der Waals surface area contributed by atoms with E-state index in [2.05, 4.69) is 43.2 Å². The lowest BCUT2D eigenvalue weighted by molar-refractivity contribution is 0.243. The molecule has 1 fully saturated rings. The molecule has 1 aliphatic rings. The number of nitrogens with zero attached hydrogens (tertiary/aromatic N) is 1. The van der Waals surface area contributed by atoms with Crippen molar-refractivity contribution in [3.8, 4) is 5.75 Å². The molecule has 2 rings (SSSR count). The van der Waals surface area contributed by atoms with E-state index < -0.39 is 0 Å². The van der Waals surface area contributed by atoms with Crippen LogP contribution in [0, 0.1) is 0 Å². The Morgan fingerprint density at radius 3 is 2.79 bits per heavy atom. The molecule has 106 valence electrons. The second kappa shape index (κ2) is 6.80. The highest BCUT2D eigenvalue weighted by molar-refractivity contribution is 5.56. The van der Waals surface area contributed by atoms with E-state index in [1.54, 1.807) is 0 Å². The second-order valence-corrected chi connectivity index (χ2v) is 5.74. The lowest BCUT2D eigenvalue weighted by Crippen LogP contribution is -2.23. The van der Waals surface area contributed by atoms with Gasteiger partial charge in [0.2, 0.25) is 0 Å². The van der Waals surface area contributed by atoms with Gasteiger partial charge in [-0.15, -0.1) is 0 Å². The molecule has 0 amide bonds. The maximum absolute atomic E-state index is 5.87. The van der Waals surface area contributed by atoms with Gasteiger partial charge in [0.25, 0.3) is 0 Å². The van der Waals surface area contributed by atoms with E-state index in [0.717, 1.165) is 11.4 Å². The first-order chi connectivity index (χ1) is 9.15. The normalized spacial score (nSPS) is 21.2. The minimum atomic E-state index is 0.211. The molecule has 1 aromatic carbocycles. The monoisotopic (exact) mass is 262 g/mol. The van der Waals surface area contributed by atoms with Crippen molar-refractivity contribution in [2.75, 3.05) is 25.5 Å². The third-order valence-corrected chi connectivity index (χ3v) is 3.56. The molecule has 0 saturated carbocycles. The molecular formula is C16H26N2O. The Labute approximate surface area is 116 Å². The first-order valence-corrected chi connectivity index (χ1v) is 7.36. The number of benzene rings is 1. The summed E-state index contributed by atoms with van der Waals surface area (Å²) in [6.07, 6.45) is 3.91. The zero-order chi connectivity index (χ0) is 13.7. The lowest BCUT2D eigenvalue weighted by Gasteiger charge is -2.21. The maximum atomic E-state index is 5.87. The van der Waals surface area contributed by atoms with Gasteiger partial charge in [0.15, 0.2) is 0 Å². The van der Waals surface area contributed by atoms with Gasteiger partial charge < -0.3 is 15.0 Å². The van der Waals surface area contributed by atoms with Crippen LogP contribution in [-0.2, 0) is 0 Å². The Morgan fingerprint density at radius 2 is 2.00 bits per heavy atom. The molecule has 1 saturated heterocycles. The molecule has 1 atom stereocenters. The van der Waals surface area contributed by atoms with Crippen LogP contribution in [0.5, 0.6) is 5.75 Å². The summed E-state index contributed by atoms with van der Waals surface area (Å²) in [4.78, 5) is 2.41. The highest BCUT2D eigenvalue weighted by Gasteiger charge is 2.16. The fourth-order valence-corrected chi connectivity index (χ4v) is 2.55. The third kappa shape index (κ3) is 4.43. The number of para-hydroxylation sites is 2. The average molecular weight is 262 g/mol. The Balaban J connectivity index is 2.01. The van der Waals surface area contributed by atoms with Gasteiger partial charge in [0.1, 0.15) is 5.75 Å². The quantitative estimate of drug-likeness (QED) is 0.900.